The van der Waals surface area contributed by atoms with Gasteiger partial charge in [-0.15, -0.1) is 0 Å². The first kappa shape index (κ1) is 26.7. The van der Waals surface area contributed by atoms with E-state index in [2.05, 4.69) is 5.32 Å². The molecular formula is C26H21Cl2NO7. The van der Waals surface area contributed by atoms with Crippen molar-refractivity contribution in [2.45, 2.75) is 26.1 Å². The Morgan fingerprint density at radius 2 is 1.25 bits per heavy atom. The van der Waals surface area contributed by atoms with Crippen molar-refractivity contribution in [3.63, 3.8) is 0 Å². The Balaban J connectivity index is 1.95. The maximum Gasteiger partial charge on any atom is 0.349 e. The van der Waals surface area contributed by atoms with E-state index >= 15 is 0 Å². The molecule has 0 aliphatic rings. The topological polar surface area (TPSA) is 119 Å². The predicted octanol–water partition coefficient (Wildman–Crippen LogP) is 5.08. The molecule has 3 aromatic carbocycles. The van der Waals surface area contributed by atoms with Crippen LogP contribution in [0.5, 0.6) is 0 Å². The molecule has 36 heavy (non-hydrogen) atoms. The number of hydrogen-bond donors (Lipinski definition) is 2. The second-order valence-corrected chi connectivity index (χ2v) is 8.55. The number of amides is 1. The fourth-order valence-electron chi connectivity index (χ4n) is 3.14. The van der Waals surface area contributed by atoms with Crippen LogP contribution in [0.3, 0.4) is 0 Å². The number of esters is 2. The number of halogens is 2. The highest BCUT2D eigenvalue weighted by atomic mass is 35.5. The van der Waals surface area contributed by atoms with Crippen molar-refractivity contribution >= 4 is 52.7 Å². The van der Waals surface area contributed by atoms with Crippen LogP contribution in [-0.4, -0.2) is 41.1 Å². The molecule has 8 nitrogen and oxygen atoms in total. The number of anilines is 1. The molecule has 0 aliphatic heterocycles. The van der Waals surface area contributed by atoms with Crippen molar-refractivity contribution in [3.05, 3.63) is 99.0 Å². The highest BCUT2D eigenvalue weighted by molar-refractivity contribution is 6.34. The molecular weight excluding hydrogens is 509 g/mol. The number of carbonyl (C=O) groups is 4. The second-order valence-electron chi connectivity index (χ2n) is 7.74. The zero-order valence-electron chi connectivity index (χ0n) is 19.2. The first-order valence-corrected chi connectivity index (χ1v) is 11.4. The van der Waals surface area contributed by atoms with E-state index in [1.807, 2.05) is 13.8 Å². The van der Waals surface area contributed by atoms with Gasteiger partial charge in [0.1, 0.15) is 0 Å². The lowest BCUT2D eigenvalue weighted by Gasteiger charge is -2.24. The van der Waals surface area contributed by atoms with Crippen LogP contribution < -0.4 is 5.32 Å². The SMILES string of the molecule is Cc1ccc(NC(=O)[C@H](OC(=O)c2ccccc2Cl)[C@@H](OC(=O)c2ccccc2Cl)C(=O)O)cc1C. The minimum Gasteiger partial charge on any atom is -0.478 e. The smallest absolute Gasteiger partial charge is 0.349 e. The Labute approximate surface area is 216 Å². The Morgan fingerprint density at radius 3 is 1.72 bits per heavy atom. The number of carboxylic acid groups (broad SMARTS) is 1. The molecule has 0 aromatic heterocycles. The van der Waals surface area contributed by atoms with Crippen molar-refractivity contribution in [1.82, 2.24) is 0 Å². The maximum atomic E-state index is 13.2. The predicted molar refractivity (Wildman–Crippen MR) is 133 cm³/mol. The number of nitrogens with one attached hydrogen (secondary N) is 1. The van der Waals surface area contributed by atoms with Gasteiger partial charge in [-0.3, -0.25) is 4.79 Å². The maximum absolute atomic E-state index is 13.2. The summed E-state index contributed by atoms with van der Waals surface area (Å²) in [5.41, 5.74) is 1.91. The van der Waals surface area contributed by atoms with Gasteiger partial charge in [0.15, 0.2) is 0 Å². The molecule has 0 aliphatic carbocycles. The van der Waals surface area contributed by atoms with Gasteiger partial charge in [-0.25, -0.2) is 14.4 Å². The van der Waals surface area contributed by atoms with E-state index < -0.39 is 36.0 Å². The van der Waals surface area contributed by atoms with Gasteiger partial charge in [0.2, 0.25) is 12.2 Å². The highest BCUT2D eigenvalue weighted by Gasteiger charge is 2.41. The summed E-state index contributed by atoms with van der Waals surface area (Å²) in [6.45, 7) is 3.70. The van der Waals surface area contributed by atoms with E-state index in [4.69, 9.17) is 32.7 Å². The minimum atomic E-state index is -2.20. The van der Waals surface area contributed by atoms with Crippen LogP contribution in [0.25, 0.3) is 0 Å². The lowest BCUT2D eigenvalue weighted by atomic mass is 10.1. The quantitative estimate of drug-likeness (QED) is 0.390. The summed E-state index contributed by atoms with van der Waals surface area (Å²) in [6.07, 6.45) is -4.27. The molecule has 0 unspecified atom stereocenters. The van der Waals surface area contributed by atoms with E-state index in [0.717, 1.165) is 11.1 Å². The third-order valence-corrected chi connectivity index (χ3v) is 5.87. The molecule has 1 amide bonds. The molecule has 0 radical (unpaired) electrons. The monoisotopic (exact) mass is 529 g/mol. The van der Waals surface area contributed by atoms with Gasteiger partial charge in [0.05, 0.1) is 21.2 Å². The number of carboxylic acids is 1. The fraction of sp³-hybridized carbons (Fsp3) is 0.154. The zero-order chi connectivity index (χ0) is 26.4. The highest BCUT2D eigenvalue weighted by Crippen LogP contribution is 2.22. The van der Waals surface area contributed by atoms with E-state index in [9.17, 15) is 24.3 Å². The van der Waals surface area contributed by atoms with Gasteiger partial charge in [0.25, 0.3) is 5.91 Å². The Bertz CT molecular complexity index is 1330. The first-order valence-electron chi connectivity index (χ1n) is 10.6. The summed E-state index contributed by atoms with van der Waals surface area (Å²) in [4.78, 5) is 50.8. The Kier molecular flexibility index (Phi) is 8.68. The number of aryl methyl sites for hydroxylation is 2. The average molecular weight is 530 g/mol. The molecule has 3 rings (SSSR count). The van der Waals surface area contributed by atoms with Crippen molar-refractivity contribution in [3.8, 4) is 0 Å². The third-order valence-electron chi connectivity index (χ3n) is 5.21. The van der Waals surface area contributed by atoms with Crippen LogP contribution in [0.15, 0.2) is 66.7 Å². The molecule has 0 saturated heterocycles. The summed E-state index contributed by atoms with van der Waals surface area (Å²) in [5.74, 6) is -4.95. The van der Waals surface area contributed by atoms with Gasteiger partial charge in [-0.1, -0.05) is 53.5 Å². The van der Waals surface area contributed by atoms with E-state index in [1.54, 1.807) is 30.3 Å². The molecule has 3 aromatic rings. The molecule has 10 heteroatoms. The number of ether oxygens (including phenoxy) is 2. The van der Waals surface area contributed by atoms with Gasteiger partial charge in [-0.05, 0) is 61.4 Å². The fourth-order valence-corrected chi connectivity index (χ4v) is 3.56. The van der Waals surface area contributed by atoms with E-state index in [0.29, 0.717) is 5.69 Å². The number of benzene rings is 3. The third kappa shape index (κ3) is 6.41. The number of aliphatic carboxylic acids is 1. The molecule has 0 heterocycles. The normalized spacial score (nSPS) is 12.2. The summed E-state index contributed by atoms with van der Waals surface area (Å²) >= 11 is 12.1. The average Bonchev–Trinajstić information content (AvgIpc) is 2.83. The Morgan fingerprint density at radius 1 is 0.750 bits per heavy atom. The van der Waals surface area contributed by atoms with Crippen molar-refractivity contribution in [2.75, 3.05) is 5.32 Å². The van der Waals surface area contributed by atoms with Crippen LogP contribution in [0.1, 0.15) is 31.8 Å². The van der Waals surface area contributed by atoms with Crippen LogP contribution in [0.4, 0.5) is 5.69 Å². The lowest BCUT2D eigenvalue weighted by Crippen LogP contribution is -2.48. The molecule has 2 atom stereocenters. The van der Waals surface area contributed by atoms with E-state index in [1.165, 1.54) is 36.4 Å². The van der Waals surface area contributed by atoms with Crippen LogP contribution >= 0.6 is 23.2 Å². The number of carbonyl (C=O) groups excluding carboxylic acids is 3. The summed E-state index contributed by atoms with van der Waals surface area (Å²) in [6, 6.07) is 16.7. The van der Waals surface area contributed by atoms with Crippen molar-refractivity contribution in [2.24, 2.45) is 0 Å². The van der Waals surface area contributed by atoms with Gasteiger partial charge in [0, 0.05) is 5.69 Å². The standard InChI is InChI=1S/C26H21Cl2NO7/c1-14-11-12-16(13-15(14)2)29-23(30)21(35-25(33)17-7-3-5-9-19(17)27)22(24(31)32)36-26(34)18-8-4-6-10-20(18)28/h3-13,21-22H,1-2H3,(H,29,30)(H,31,32)/t21-,22-/m1/s1. The molecule has 0 saturated carbocycles. The first-order chi connectivity index (χ1) is 17.1. The Hall–Kier alpha value is -3.88. The minimum absolute atomic E-state index is 0.0100. The molecule has 0 spiro atoms. The van der Waals surface area contributed by atoms with Gasteiger partial charge in [-0.2, -0.15) is 0 Å². The van der Waals surface area contributed by atoms with Crippen molar-refractivity contribution in [1.29, 1.82) is 0 Å². The van der Waals surface area contributed by atoms with Crippen LogP contribution in [-0.2, 0) is 19.1 Å². The zero-order valence-corrected chi connectivity index (χ0v) is 20.7. The number of hydrogen-bond acceptors (Lipinski definition) is 6. The van der Waals surface area contributed by atoms with Crippen molar-refractivity contribution < 1.29 is 33.8 Å². The van der Waals surface area contributed by atoms with Gasteiger partial charge >= 0.3 is 17.9 Å². The summed E-state index contributed by atoms with van der Waals surface area (Å²) < 4.78 is 10.4. The van der Waals surface area contributed by atoms with E-state index in [-0.39, 0.29) is 21.2 Å². The number of rotatable bonds is 8. The summed E-state index contributed by atoms with van der Waals surface area (Å²) in [7, 11) is 0. The molecule has 0 fully saturated rings. The largest absolute Gasteiger partial charge is 0.478 e. The second kappa shape index (κ2) is 11.7. The van der Waals surface area contributed by atoms with Crippen LogP contribution in [0.2, 0.25) is 10.0 Å². The van der Waals surface area contributed by atoms with Gasteiger partial charge < -0.3 is 19.9 Å². The lowest BCUT2D eigenvalue weighted by molar-refractivity contribution is -0.157. The molecule has 186 valence electrons. The summed E-state index contributed by atoms with van der Waals surface area (Å²) in [5, 5.41) is 12.4. The molecule has 0 bridgehead atoms. The molecule has 2 N–H and O–H groups in total. The van der Waals surface area contributed by atoms with Crippen LogP contribution in [0, 0.1) is 13.8 Å².